The molecule has 0 atom stereocenters. The fraction of sp³-hybridized carbons (Fsp3) is 0.167. The van der Waals surface area contributed by atoms with Gasteiger partial charge in [-0.15, -0.1) is 0 Å². The molecule has 2 heterocycles. The predicted octanol–water partition coefficient (Wildman–Crippen LogP) is 1.31. The monoisotopic (exact) mass is 476 g/mol. The minimum atomic E-state index is -0.953. The lowest BCUT2D eigenvalue weighted by Gasteiger charge is -2.07. The van der Waals surface area contributed by atoms with E-state index in [1.165, 1.54) is 6.21 Å². The number of anilines is 1. The first-order chi connectivity index (χ1) is 16.8. The Hall–Kier alpha value is -4.80. The van der Waals surface area contributed by atoms with E-state index in [9.17, 15) is 19.2 Å². The highest BCUT2D eigenvalue weighted by Gasteiger charge is 2.15. The van der Waals surface area contributed by atoms with Crippen LogP contribution in [0.2, 0.25) is 0 Å². The number of aryl methyl sites for hydroxylation is 2. The Morgan fingerprint density at radius 3 is 2.40 bits per heavy atom. The van der Waals surface area contributed by atoms with Crippen LogP contribution in [0, 0.1) is 13.8 Å². The van der Waals surface area contributed by atoms with Crippen LogP contribution in [0.1, 0.15) is 28.3 Å². The van der Waals surface area contributed by atoms with Gasteiger partial charge in [0.2, 0.25) is 0 Å². The number of furan rings is 1. The maximum atomic E-state index is 12.1. The largest absolute Gasteiger partial charge is 0.458 e. The number of hydrogen-bond acceptors (Lipinski definition) is 7. The third-order valence-corrected chi connectivity index (χ3v) is 4.80. The summed E-state index contributed by atoms with van der Waals surface area (Å²) in [5.41, 5.74) is 5.29. The normalized spacial score (nSPS) is 10.6. The average Bonchev–Trinajstić information content (AvgIpc) is 3.31. The van der Waals surface area contributed by atoms with E-state index in [-0.39, 0.29) is 18.8 Å². The summed E-state index contributed by atoms with van der Waals surface area (Å²) in [4.78, 5) is 51.7. The van der Waals surface area contributed by atoms with Gasteiger partial charge in [-0.3, -0.25) is 24.2 Å². The number of nitrogens with zero attached hydrogens (tertiary/aromatic N) is 2. The lowest BCUT2D eigenvalue weighted by atomic mass is 10.1. The minimum Gasteiger partial charge on any atom is -0.458 e. The van der Waals surface area contributed by atoms with E-state index in [1.54, 1.807) is 48.7 Å². The number of nitrogens with one attached hydrogen (secondary N) is 4. The van der Waals surface area contributed by atoms with E-state index < -0.39 is 23.6 Å². The second-order valence-corrected chi connectivity index (χ2v) is 7.44. The summed E-state index contributed by atoms with van der Waals surface area (Å²) >= 11 is 0. The fourth-order valence-corrected chi connectivity index (χ4v) is 2.77. The van der Waals surface area contributed by atoms with Crippen LogP contribution in [-0.2, 0) is 32.3 Å². The van der Waals surface area contributed by atoms with Gasteiger partial charge in [0, 0.05) is 11.9 Å². The first kappa shape index (κ1) is 24.8. The molecule has 35 heavy (non-hydrogen) atoms. The molecular formula is C24H24N6O5. The van der Waals surface area contributed by atoms with E-state index in [4.69, 9.17) is 4.42 Å². The van der Waals surface area contributed by atoms with E-state index in [0.29, 0.717) is 17.1 Å². The number of rotatable bonds is 7. The molecule has 180 valence electrons. The Labute approximate surface area is 201 Å². The van der Waals surface area contributed by atoms with E-state index in [0.717, 1.165) is 11.1 Å². The summed E-state index contributed by atoms with van der Waals surface area (Å²) in [6.07, 6.45) is 2.78. The van der Waals surface area contributed by atoms with Crippen molar-refractivity contribution < 1.29 is 23.6 Å². The smallest absolute Gasteiger partial charge is 0.329 e. The molecule has 0 aliphatic carbocycles. The van der Waals surface area contributed by atoms with Gasteiger partial charge in [0.25, 0.3) is 0 Å². The molecule has 11 nitrogen and oxygen atoms in total. The van der Waals surface area contributed by atoms with Gasteiger partial charge in [-0.05, 0) is 61.4 Å². The number of carbonyl (C=O) groups excluding carboxylic acids is 4. The van der Waals surface area contributed by atoms with Gasteiger partial charge < -0.3 is 20.4 Å². The van der Waals surface area contributed by atoms with Crippen molar-refractivity contribution in [2.45, 2.75) is 26.9 Å². The van der Waals surface area contributed by atoms with Crippen LogP contribution in [0.3, 0.4) is 0 Å². The number of amides is 4. The maximum absolute atomic E-state index is 12.1. The zero-order chi connectivity index (χ0) is 25.2. The molecule has 2 aromatic heterocycles. The van der Waals surface area contributed by atoms with Crippen molar-refractivity contribution in [3.8, 4) is 0 Å². The topological polar surface area (TPSA) is 155 Å². The first-order valence-corrected chi connectivity index (χ1v) is 10.6. The van der Waals surface area contributed by atoms with Crippen LogP contribution in [0.4, 0.5) is 5.69 Å². The summed E-state index contributed by atoms with van der Waals surface area (Å²) in [5, 5.41) is 11.1. The van der Waals surface area contributed by atoms with Crippen molar-refractivity contribution in [1.29, 1.82) is 0 Å². The van der Waals surface area contributed by atoms with Gasteiger partial charge in [-0.25, -0.2) is 5.43 Å². The number of hydrogen-bond donors (Lipinski definition) is 4. The maximum Gasteiger partial charge on any atom is 0.329 e. The molecule has 0 aliphatic heterocycles. The second-order valence-electron chi connectivity index (χ2n) is 7.44. The van der Waals surface area contributed by atoms with Crippen molar-refractivity contribution >= 4 is 35.5 Å². The lowest BCUT2D eigenvalue weighted by molar-refractivity contribution is -0.139. The molecule has 4 N–H and O–H groups in total. The summed E-state index contributed by atoms with van der Waals surface area (Å²) in [6, 6.07) is 13.7. The van der Waals surface area contributed by atoms with Gasteiger partial charge in [0.05, 0.1) is 25.0 Å². The third-order valence-electron chi connectivity index (χ3n) is 4.80. The van der Waals surface area contributed by atoms with Crippen molar-refractivity contribution in [3.63, 3.8) is 0 Å². The minimum absolute atomic E-state index is 0.0324. The summed E-state index contributed by atoms with van der Waals surface area (Å²) in [6.45, 7) is 3.93. The van der Waals surface area contributed by atoms with Gasteiger partial charge >= 0.3 is 23.6 Å². The van der Waals surface area contributed by atoms with Gasteiger partial charge in [-0.1, -0.05) is 12.1 Å². The second kappa shape index (κ2) is 11.9. The molecular weight excluding hydrogens is 452 g/mol. The van der Waals surface area contributed by atoms with Crippen LogP contribution < -0.4 is 21.4 Å². The van der Waals surface area contributed by atoms with Crippen molar-refractivity contribution in [2.24, 2.45) is 5.10 Å². The lowest BCUT2D eigenvalue weighted by Crippen LogP contribution is -2.37. The van der Waals surface area contributed by atoms with Crippen molar-refractivity contribution in [2.75, 3.05) is 5.32 Å². The molecule has 0 unspecified atom stereocenters. The molecule has 1 aromatic carbocycles. The van der Waals surface area contributed by atoms with E-state index in [1.807, 2.05) is 19.9 Å². The Balaban J connectivity index is 1.41. The molecule has 4 amide bonds. The van der Waals surface area contributed by atoms with Gasteiger partial charge in [-0.2, -0.15) is 5.10 Å². The molecule has 3 aromatic rings. The molecule has 0 saturated carbocycles. The highest BCUT2D eigenvalue weighted by atomic mass is 16.3. The standard InChI is InChI=1S/C24H24N6O5/c1-15-6-7-17(11-16(15)2)29-23(33)21(31)27-13-19-8-9-20(35-19)14-28-30-24(34)22(32)26-12-18-5-3-4-10-25-18/h3-11,14H,12-13H2,1-2H3,(H,26,32)(H,27,31)(H,29,33)(H,30,34)/b28-14+. The highest BCUT2D eigenvalue weighted by Crippen LogP contribution is 2.14. The Morgan fingerprint density at radius 2 is 1.66 bits per heavy atom. The Morgan fingerprint density at radius 1 is 0.886 bits per heavy atom. The fourth-order valence-electron chi connectivity index (χ4n) is 2.77. The van der Waals surface area contributed by atoms with Crippen molar-refractivity contribution in [1.82, 2.24) is 21.0 Å². The SMILES string of the molecule is Cc1ccc(NC(=O)C(=O)NCc2ccc(/C=N/NC(=O)C(=O)NCc3ccccn3)o2)cc1C. The number of aromatic nitrogens is 1. The molecule has 0 bridgehead atoms. The Kier molecular flexibility index (Phi) is 8.43. The number of pyridine rings is 1. The van der Waals surface area contributed by atoms with Crippen LogP contribution in [-0.4, -0.2) is 34.8 Å². The van der Waals surface area contributed by atoms with Crippen molar-refractivity contribution in [3.05, 3.63) is 83.1 Å². The molecule has 0 saturated heterocycles. The highest BCUT2D eigenvalue weighted by molar-refractivity contribution is 6.39. The molecule has 0 fully saturated rings. The molecule has 0 radical (unpaired) electrons. The summed E-state index contributed by atoms with van der Waals surface area (Å²) in [5.74, 6) is -2.81. The first-order valence-electron chi connectivity index (χ1n) is 10.6. The summed E-state index contributed by atoms with van der Waals surface area (Å²) in [7, 11) is 0. The summed E-state index contributed by atoms with van der Waals surface area (Å²) < 4.78 is 5.45. The van der Waals surface area contributed by atoms with Gasteiger partial charge in [0.15, 0.2) is 0 Å². The number of benzene rings is 1. The van der Waals surface area contributed by atoms with Crippen LogP contribution in [0.5, 0.6) is 0 Å². The van der Waals surface area contributed by atoms with E-state index in [2.05, 4.69) is 31.5 Å². The zero-order valence-electron chi connectivity index (χ0n) is 19.1. The Bertz CT molecular complexity index is 1250. The number of hydrazone groups is 1. The van der Waals surface area contributed by atoms with Gasteiger partial charge in [0.1, 0.15) is 11.5 Å². The zero-order valence-corrected chi connectivity index (χ0v) is 19.1. The van der Waals surface area contributed by atoms with E-state index >= 15 is 0 Å². The number of carbonyl (C=O) groups is 4. The third kappa shape index (κ3) is 7.63. The average molecular weight is 476 g/mol. The predicted molar refractivity (Wildman–Crippen MR) is 127 cm³/mol. The molecule has 3 rings (SSSR count). The molecule has 0 aliphatic rings. The van der Waals surface area contributed by atoms with Crippen LogP contribution >= 0.6 is 0 Å². The quantitative estimate of drug-likeness (QED) is 0.229. The van der Waals surface area contributed by atoms with Crippen LogP contribution in [0.15, 0.2) is 64.2 Å². The van der Waals surface area contributed by atoms with Crippen LogP contribution in [0.25, 0.3) is 0 Å². The molecule has 11 heteroatoms. The molecule has 0 spiro atoms.